The van der Waals surface area contributed by atoms with Crippen LogP contribution >= 0.6 is 23.2 Å². The number of carbonyl (C=O) groups is 2. The standard InChI is InChI=1S/C21H21Cl2N3O3/c1-21(11-19(28)29-2)13-26(25-20(21)14-3-5-15(22)6-4-14)12-18(27)24-17-9-7-16(23)8-10-17/h3-10H,11-13H2,1-2H3,(H,24,27). The van der Waals surface area contributed by atoms with E-state index < -0.39 is 5.41 Å². The van der Waals surface area contributed by atoms with Crippen LogP contribution in [-0.2, 0) is 14.3 Å². The maximum absolute atomic E-state index is 12.5. The summed E-state index contributed by atoms with van der Waals surface area (Å²) in [4.78, 5) is 24.5. The van der Waals surface area contributed by atoms with E-state index in [4.69, 9.17) is 27.9 Å². The normalized spacial score (nSPS) is 18.3. The number of methoxy groups -OCH3 is 1. The third-order valence-corrected chi connectivity index (χ3v) is 5.18. The van der Waals surface area contributed by atoms with Gasteiger partial charge in [0.1, 0.15) is 6.54 Å². The smallest absolute Gasteiger partial charge is 0.306 e. The van der Waals surface area contributed by atoms with Crippen molar-refractivity contribution < 1.29 is 14.3 Å². The van der Waals surface area contributed by atoms with Crippen LogP contribution in [0.3, 0.4) is 0 Å². The Hall–Kier alpha value is -2.57. The van der Waals surface area contributed by atoms with Gasteiger partial charge in [-0.15, -0.1) is 0 Å². The van der Waals surface area contributed by atoms with E-state index in [1.54, 1.807) is 41.4 Å². The number of anilines is 1. The summed E-state index contributed by atoms with van der Waals surface area (Å²) in [6.45, 7) is 2.40. The van der Waals surface area contributed by atoms with Gasteiger partial charge < -0.3 is 10.1 Å². The zero-order valence-corrected chi connectivity index (χ0v) is 17.6. The van der Waals surface area contributed by atoms with Crippen molar-refractivity contribution in [1.82, 2.24) is 5.01 Å². The van der Waals surface area contributed by atoms with Gasteiger partial charge in [0.25, 0.3) is 0 Å². The zero-order valence-electron chi connectivity index (χ0n) is 16.1. The van der Waals surface area contributed by atoms with Crippen LogP contribution in [0.1, 0.15) is 18.9 Å². The molecule has 1 heterocycles. The van der Waals surface area contributed by atoms with Gasteiger partial charge in [-0.05, 0) is 42.0 Å². The summed E-state index contributed by atoms with van der Waals surface area (Å²) in [5.41, 5.74) is 1.62. The van der Waals surface area contributed by atoms with Crippen LogP contribution in [-0.4, -0.2) is 42.8 Å². The lowest BCUT2D eigenvalue weighted by atomic mass is 9.79. The average molecular weight is 434 g/mol. The number of hydrogen-bond donors (Lipinski definition) is 1. The molecule has 0 saturated carbocycles. The first-order valence-electron chi connectivity index (χ1n) is 9.01. The number of benzene rings is 2. The van der Waals surface area contributed by atoms with Gasteiger partial charge >= 0.3 is 5.97 Å². The summed E-state index contributed by atoms with van der Waals surface area (Å²) in [5, 5.41) is 10.3. The number of nitrogens with one attached hydrogen (secondary N) is 1. The molecule has 1 aliphatic rings. The second kappa shape index (κ2) is 8.84. The van der Waals surface area contributed by atoms with Crippen LogP contribution in [0.25, 0.3) is 0 Å². The molecule has 6 nitrogen and oxygen atoms in total. The van der Waals surface area contributed by atoms with Crippen molar-refractivity contribution in [3.63, 3.8) is 0 Å². The number of hydrazone groups is 1. The minimum absolute atomic E-state index is 0.0521. The first kappa shape index (κ1) is 21.1. The molecule has 0 aliphatic carbocycles. The fraction of sp³-hybridized carbons (Fsp3) is 0.286. The van der Waals surface area contributed by atoms with E-state index in [9.17, 15) is 9.59 Å². The Bertz CT molecular complexity index is 929. The summed E-state index contributed by atoms with van der Waals surface area (Å²) < 4.78 is 4.86. The zero-order chi connectivity index (χ0) is 21.0. The number of esters is 1. The van der Waals surface area contributed by atoms with E-state index in [2.05, 4.69) is 10.4 Å². The van der Waals surface area contributed by atoms with Crippen molar-refractivity contribution in [1.29, 1.82) is 0 Å². The lowest BCUT2D eigenvalue weighted by molar-refractivity contribution is -0.142. The van der Waals surface area contributed by atoms with Gasteiger partial charge in [-0.3, -0.25) is 14.6 Å². The van der Waals surface area contributed by atoms with Gasteiger partial charge in [-0.25, -0.2) is 0 Å². The maximum atomic E-state index is 12.5. The molecular formula is C21H21Cl2N3O3. The van der Waals surface area contributed by atoms with E-state index in [-0.39, 0.29) is 24.8 Å². The monoisotopic (exact) mass is 433 g/mol. The van der Waals surface area contributed by atoms with E-state index >= 15 is 0 Å². The molecular weight excluding hydrogens is 413 g/mol. The highest BCUT2D eigenvalue weighted by Crippen LogP contribution is 2.35. The Balaban J connectivity index is 1.78. The van der Waals surface area contributed by atoms with Crippen molar-refractivity contribution in [3.8, 4) is 0 Å². The van der Waals surface area contributed by atoms with Crippen LogP contribution in [0.2, 0.25) is 10.0 Å². The Morgan fingerprint density at radius 1 is 1.10 bits per heavy atom. The number of carbonyl (C=O) groups excluding carboxylic acids is 2. The fourth-order valence-electron chi connectivity index (χ4n) is 3.31. The van der Waals surface area contributed by atoms with Crippen LogP contribution < -0.4 is 5.32 Å². The SMILES string of the molecule is COC(=O)CC1(C)CN(CC(=O)Nc2ccc(Cl)cc2)N=C1c1ccc(Cl)cc1. The Labute approximate surface area is 179 Å². The molecule has 1 amide bonds. The average Bonchev–Trinajstić information content (AvgIpc) is 2.99. The van der Waals surface area contributed by atoms with E-state index in [0.717, 1.165) is 11.3 Å². The summed E-state index contributed by atoms with van der Waals surface area (Å²) in [5.74, 6) is -0.546. The first-order valence-corrected chi connectivity index (χ1v) is 9.77. The lowest BCUT2D eigenvalue weighted by Gasteiger charge is -2.25. The maximum Gasteiger partial charge on any atom is 0.306 e. The summed E-state index contributed by atoms with van der Waals surface area (Å²) in [7, 11) is 1.36. The second-order valence-corrected chi connectivity index (χ2v) is 8.02. The molecule has 0 saturated heterocycles. The van der Waals surface area contributed by atoms with Crippen molar-refractivity contribution in [2.75, 3.05) is 25.5 Å². The van der Waals surface area contributed by atoms with E-state index in [1.165, 1.54) is 7.11 Å². The van der Waals surface area contributed by atoms with Gasteiger partial charge in [0.2, 0.25) is 5.91 Å². The summed E-state index contributed by atoms with van der Waals surface area (Å²) in [6.07, 6.45) is 0.153. The van der Waals surface area contributed by atoms with Gasteiger partial charge in [-0.1, -0.05) is 42.3 Å². The van der Waals surface area contributed by atoms with Crippen LogP contribution in [0.5, 0.6) is 0 Å². The Morgan fingerprint density at radius 3 is 2.28 bits per heavy atom. The number of nitrogens with zero attached hydrogens (tertiary/aromatic N) is 2. The molecule has 1 aliphatic heterocycles. The molecule has 2 aromatic rings. The molecule has 1 unspecified atom stereocenters. The van der Waals surface area contributed by atoms with Gasteiger partial charge in [0.15, 0.2) is 0 Å². The highest BCUT2D eigenvalue weighted by molar-refractivity contribution is 6.31. The van der Waals surface area contributed by atoms with Gasteiger partial charge in [0.05, 0.1) is 19.2 Å². The number of amides is 1. The molecule has 0 aromatic heterocycles. The Kier molecular flexibility index (Phi) is 6.45. The lowest BCUT2D eigenvalue weighted by Crippen LogP contribution is -2.36. The third kappa shape index (κ3) is 5.28. The van der Waals surface area contributed by atoms with Crippen LogP contribution in [0.4, 0.5) is 5.69 Å². The first-order chi connectivity index (χ1) is 13.8. The number of hydrogen-bond acceptors (Lipinski definition) is 5. The molecule has 8 heteroatoms. The summed E-state index contributed by atoms with van der Waals surface area (Å²) >= 11 is 11.9. The minimum atomic E-state index is -0.596. The highest BCUT2D eigenvalue weighted by atomic mass is 35.5. The molecule has 0 spiro atoms. The molecule has 29 heavy (non-hydrogen) atoms. The Morgan fingerprint density at radius 2 is 1.69 bits per heavy atom. The highest BCUT2D eigenvalue weighted by Gasteiger charge is 2.41. The number of rotatable bonds is 6. The van der Waals surface area contributed by atoms with Crippen molar-refractivity contribution in [2.24, 2.45) is 10.5 Å². The number of halogens is 2. The third-order valence-electron chi connectivity index (χ3n) is 4.68. The largest absolute Gasteiger partial charge is 0.469 e. The van der Waals surface area contributed by atoms with Crippen molar-refractivity contribution in [2.45, 2.75) is 13.3 Å². The molecule has 1 atom stereocenters. The molecule has 3 rings (SSSR count). The van der Waals surface area contributed by atoms with Gasteiger partial charge in [-0.2, -0.15) is 5.10 Å². The number of ether oxygens (including phenoxy) is 1. The molecule has 2 aromatic carbocycles. The predicted molar refractivity (Wildman–Crippen MR) is 114 cm³/mol. The molecule has 0 radical (unpaired) electrons. The summed E-state index contributed by atoms with van der Waals surface area (Å²) in [6, 6.07) is 14.1. The molecule has 152 valence electrons. The second-order valence-electron chi connectivity index (χ2n) is 7.15. The van der Waals surface area contributed by atoms with Gasteiger partial charge in [0, 0.05) is 27.7 Å². The van der Waals surface area contributed by atoms with E-state index in [0.29, 0.717) is 22.3 Å². The quantitative estimate of drug-likeness (QED) is 0.692. The van der Waals surface area contributed by atoms with E-state index in [1.807, 2.05) is 19.1 Å². The fourth-order valence-corrected chi connectivity index (χ4v) is 3.56. The molecule has 1 N–H and O–H groups in total. The van der Waals surface area contributed by atoms with Crippen LogP contribution in [0.15, 0.2) is 53.6 Å². The molecule has 0 fully saturated rings. The van der Waals surface area contributed by atoms with Crippen molar-refractivity contribution >= 4 is 46.5 Å². The minimum Gasteiger partial charge on any atom is -0.469 e. The predicted octanol–water partition coefficient (Wildman–Crippen LogP) is 4.22. The van der Waals surface area contributed by atoms with Crippen LogP contribution in [0, 0.1) is 5.41 Å². The molecule has 0 bridgehead atoms. The van der Waals surface area contributed by atoms with Crippen molar-refractivity contribution in [3.05, 3.63) is 64.1 Å². The topological polar surface area (TPSA) is 71.0 Å².